The SMILES string of the molecule is Cc1cc(-c2ccc3c(c2)CCN(C2CCN(C(=O)OC(C)(C)C)CC2)C3=O)cc2cn(C)nc12. The molecule has 0 N–H and O–H groups in total. The van der Waals surface area contributed by atoms with E-state index in [1.807, 2.05) is 49.7 Å². The van der Waals surface area contributed by atoms with Crippen molar-refractivity contribution in [1.82, 2.24) is 19.6 Å². The van der Waals surface area contributed by atoms with E-state index in [9.17, 15) is 9.59 Å². The third kappa shape index (κ3) is 4.64. The van der Waals surface area contributed by atoms with Crippen LogP contribution in [0.2, 0.25) is 0 Å². The molecular formula is C28H34N4O3. The van der Waals surface area contributed by atoms with Crippen molar-refractivity contribution in [2.24, 2.45) is 7.05 Å². The van der Waals surface area contributed by atoms with Crippen molar-refractivity contribution in [3.63, 3.8) is 0 Å². The van der Waals surface area contributed by atoms with Gasteiger partial charge in [0.05, 0.1) is 5.52 Å². The number of fused-ring (bicyclic) bond motifs is 2. The highest BCUT2D eigenvalue weighted by atomic mass is 16.6. The minimum absolute atomic E-state index is 0.104. The van der Waals surface area contributed by atoms with Gasteiger partial charge in [-0.1, -0.05) is 12.1 Å². The first-order valence-electron chi connectivity index (χ1n) is 12.5. The molecule has 35 heavy (non-hydrogen) atoms. The maximum absolute atomic E-state index is 13.4. The molecule has 7 nitrogen and oxygen atoms in total. The predicted octanol–water partition coefficient (Wildman–Crippen LogP) is 4.95. The van der Waals surface area contributed by atoms with Crippen molar-refractivity contribution in [3.8, 4) is 11.1 Å². The van der Waals surface area contributed by atoms with Crippen LogP contribution in [0.4, 0.5) is 4.79 Å². The van der Waals surface area contributed by atoms with Gasteiger partial charge in [0.25, 0.3) is 5.91 Å². The van der Waals surface area contributed by atoms with Crippen LogP contribution in [0.25, 0.3) is 22.0 Å². The number of hydrogen-bond donors (Lipinski definition) is 0. The van der Waals surface area contributed by atoms with Gasteiger partial charge in [-0.2, -0.15) is 5.10 Å². The van der Waals surface area contributed by atoms with Crippen molar-refractivity contribution in [2.45, 2.75) is 58.6 Å². The van der Waals surface area contributed by atoms with Gasteiger partial charge in [0, 0.05) is 49.9 Å². The fourth-order valence-electron chi connectivity index (χ4n) is 5.32. The zero-order valence-corrected chi connectivity index (χ0v) is 21.3. The van der Waals surface area contributed by atoms with Gasteiger partial charge in [-0.15, -0.1) is 0 Å². The molecule has 0 unspecified atom stereocenters. The molecule has 7 heteroatoms. The zero-order valence-electron chi connectivity index (χ0n) is 21.3. The second-order valence-electron chi connectivity index (χ2n) is 10.9. The first-order valence-corrected chi connectivity index (χ1v) is 12.5. The average molecular weight is 475 g/mol. The van der Waals surface area contributed by atoms with Gasteiger partial charge in [-0.25, -0.2) is 4.79 Å². The minimum Gasteiger partial charge on any atom is -0.444 e. The van der Waals surface area contributed by atoms with Gasteiger partial charge >= 0.3 is 6.09 Å². The molecule has 1 fully saturated rings. The topological polar surface area (TPSA) is 67.7 Å². The molecule has 0 aliphatic carbocycles. The van der Waals surface area contributed by atoms with E-state index in [4.69, 9.17) is 4.74 Å². The molecule has 1 aromatic heterocycles. The Morgan fingerprint density at radius 1 is 1.06 bits per heavy atom. The second-order valence-corrected chi connectivity index (χ2v) is 10.9. The van der Waals surface area contributed by atoms with E-state index in [0.29, 0.717) is 19.6 Å². The lowest BCUT2D eigenvalue weighted by Gasteiger charge is -2.40. The summed E-state index contributed by atoms with van der Waals surface area (Å²) in [4.78, 5) is 29.6. The number of nitrogens with zero attached hydrogens (tertiary/aromatic N) is 4. The van der Waals surface area contributed by atoms with Gasteiger partial charge in [0.2, 0.25) is 0 Å². The van der Waals surface area contributed by atoms with E-state index in [1.54, 1.807) is 4.90 Å². The Balaban J connectivity index is 1.30. The highest BCUT2D eigenvalue weighted by Gasteiger charge is 2.34. The molecule has 3 heterocycles. The number of benzene rings is 2. The van der Waals surface area contributed by atoms with Crippen LogP contribution in [0.15, 0.2) is 36.5 Å². The molecule has 0 bridgehead atoms. The highest BCUT2D eigenvalue weighted by Crippen LogP contribution is 2.31. The Kier molecular flexibility index (Phi) is 5.82. The van der Waals surface area contributed by atoms with E-state index in [1.165, 1.54) is 0 Å². The molecule has 2 amide bonds. The lowest BCUT2D eigenvalue weighted by atomic mass is 9.91. The minimum atomic E-state index is -0.498. The van der Waals surface area contributed by atoms with Crippen LogP contribution >= 0.6 is 0 Å². The van der Waals surface area contributed by atoms with Crippen molar-refractivity contribution in [2.75, 3.05) is 19.6 Å². The number of aromatic nitrogens is 2. The summed E-state index contributed by atoms with van der Waals surface area (Å²) in [5, 5.41) is 5.67. The zero-order chi connectivity index (χ0) is 24.9. The Hall–Kier alpha value is -3.35. The van der Waals surface area contributed by atoms with E-state index >= 15 is 0 Å². The van der Waals surface area contributed by atoms with Crippen LogP contribution < -0.4 is 0 Å². The molecule has 0 atom stereocenters. The standard InChI is InChI=1S/C28H34N4O3/c1-18-14-21(16-22-17-30(5)29-25(18)22)19-6-7-24-20(15-19)8-13-32(26(24)33)23-9-11-31(12-10-23)27(34)35-28(2,3)4/h6-7,14-17,23H,8-13H2,1-5H3. The van der Waals surface area contributed by atoms with E-state index in [2.05, 4.69) is 36.3 Å². The molecule has 5 rings (SSSR count). The number of ether oxygens (including phenoxy) is 1. The molecule has 184 valence electrons. The van der Waals surface area contributed by atoms with Crippen molar-refractivity contribution < 1.29 is 14.3 Å². The summed E-state index contributed by atoms with van der Waals surface area (Å²) in [5.74, 6) is 0.104. The highest BCUT2D eigenvalue weighted by molar-refractivity contribution is 5.98. The van der Waals surface area contributed by atoms with Crippen LogP contribution in [-0.4, -0.2) is 62.9 Å². The summed E-state index contributed by atoms with van der Waals surface area (Å²) in [5.41, 5.74) is 5.86. The number of aryl methyl sites for hydroxylation is 2. The van der Waals surface area contributed by atoms with Crippen LogP contribution in [0.5, 0.6) is 0 Å². The normalized spacial score (nSPS) is 17.1. The van der Waals surface area contributed by atoms with E-state index in [-0.39, 0.29) is 18.0 Å². The number of carbonyl (C=O) groups excluding carboxylic acids is 2. The van der Waals surface area contributed by atoms with E-state index < -0.39 is 5.60 Å². The van der Waals surface area contributed by atoms with Crippen LogP contribution in [0.1, 0.15) is 55.1 Å². The number of carbonyl (C=O) groups is 2. The third-order valence-electron chi connectivity index (χ3n) is 7.02. The van der Waals surface area contributed by atoms with Gasteiger partial charge in [0.15, 0.2) is 0 Å². The third-order valence-corrected chi connectivity index (χ3v) is 7.02. The summed E-state index contributed by atoms with van der Waals surface area (Å²) in [7, 11) is 1.94. The van der Waals surface area contributed by atoms with Crippen molar-refractivity contribution in [3.05, 3.63) is 53.2 Å². The maximum Gasteiger partial charge on any atom is 0.410 e. The Morgan fingerprint density at radius 3 is 2.51 bits per heavy atom. The lowest BCUT2D eigenvalue weighted by molar-refractivity contribution is 0.0144. The molecule has 0 saturated carbocycles. The summed E-state index contributed by atoms with van der Waals surface area (Å²) >= 11 is 0. The molecule has 3 aromatic rings. The quantitative estimate of drug-likeness (QED) is 0.527. The molecule has 0 radical (unpaired) electrons. The molecule has 2 aliphatic heterocycles. The number of hydrogen-bond acceptors (Lipinski definition) is 4. The fourth-order valence-corrected chi connectivity index (χ4v) is 5.32. The summed E-state index contributed by atoms with van der Waals surface area (Å²) in [6.07, 6.45) is 4.18. The Bertz CT molecular complexity index is 1300. The summed E-state index contributed by atoms with van der Waals surface area (Å²) < 4.78 is 7.35. The first kappa shape index (κ1) is 23.4. The average Bonchev–Trinajstić information content (AvgIpc) is 3.19. The van der Waals surface area contributed by atoms with Gasteiger partial charge < -0.3 is 14.5 Å². The molecule has 2 aromatic carbocycles. The molecule has 0 spiro atoms. The number of amides is 2. The van der Waals surface area contributed by atoms with Crippen molar-refractivity contribution >= 4 is 22.9 Å². The Morgan fingerprint density at radius 2 is 1.80 bits per heavy atom. The number of piperidine rings is 1. The summed E-state index contributed by atoms with van der Waals surface area (Å²) in [6.45, 7) is 9.68. The van der Waals surface area contributed by atoms with E-state index in [0.717, 1.165) is 58.0 Å². The number of rotatable bonds is 2. The second kappa shape index (κ2) is 8.70. The monoisotopic (exact) mass is 474 g/mol. The van der Waals surface area contributed by atoms with Crippen LogP contribution in [0, 0.1) is 6.92 Å². The molecule has 1 saturated heterocycles. The van der Waals surface area contributed by atoms with Gasteiger partial charge in [0.1, 0.15) is 5.60 Å². The Labute approximate surface area is 206 Å². The van der Waals surface area contributed by atoms with Gasteiger partial charge in [-0.3, -0.25) is 9.48 Å². The van der Waals surface area contributed by atoms with Gasteiger partial charge in [-0.05, 0) is 87.4 Å². The first-order chi connectivity index (χ1) is 16.6. The fraction of sp³-hybridized carbons (Fsp3) is 0.464. The van der Waals surface area contributed by atoms with Crippen LogP contribution in [-0.2, 0) is 18.2 Å². The summed E-state index contributed by atoms with van der Waals surface area (Å²) in [6, 6.07) is 10.7. The number of likely N-dealkylation sites (tertiary alicyclic amines) is 1. The van der Waals surface area contributed by atoms with Crippen molar-refractivity contribution in [1.29, 1.82) is 0 Å². The largest absolute Gasteiger partial charge is 0.444 e. The predicted molar refractivity (Wildman–Crippen MR) is 136 cm³/mol. The maximum atomic E-state index is 13.4. The molecular weight excluding hydrogens is 440 g/mol. The smallest absolute Gasteiger partial charge is 0.410 e. The molecule has 2 aliphatic rings. The van der Waals surface area contributed by atoms with Crippen LogP contribution in [0.3, 0.4) is 0 Å². The lowest BCUT2D eigenvalue weighted by Crippen LogP contribution is -2.51.